The minimum atomic E-state index is 0.0695. The van der Waals surface area contributed by atoms with Crippen molar-refractivity contribution in [3.05, 3.63) is 60.3 Å². The number of phenolic OH excluding ortho intramolecular Hbond substituents is 1. The number of H-pyrrole nitrogens is 1. The maximum Gasteiger partial charge on any atom is 0.236 e. The van der Waals surface area contributed by atoms with E-state index in [1.165, 1.54) is 7.11 Å². The molecule has 0 spiro atoms. The lowest BCUT2D eigenvalue weighted by molar-refractivity contribution is -0.344. The van der Waals surface area contributed by atoms with E-state index >= 15 is 0 Å². The Bertz CT molecular complexity index is 826. The number of fused-ring (bicyclic) bond motifs is 1. The number of ether oxygens (including phenoxy) is 1. The summed E-state index contributed by atoms with van der Waals surface area (Å²) in [6.07, 6.45) is 3.42. The number of hydrazone groups is 1. The number of anilines is 1. The van der Waals surface area contributed by atoms with Crippen LogP contribution in [0.5, 0.6) is 11.5 Å². The fourth-order valence-corrected chi connectivity index (χ4v) is 2.23. The second-order valence-electron chi connectivity index (χ2n) is 4.71. The molecule has 0 fully saturated rings. The van der Waals surface area contributed by atoms with Gasteiger partial charge in [-0.3, -0.25) is 5.43 Å². The number of aromatic nitrogens is 1. The van der Waals surface area contributed by atoms with Crippen LogP contribution in [0, 0.1) is 0 Å². The number of phenols is 1. The SMILES string of the molecule is COc1cccc(C=NNc2cccc3ccc[nH+]c23)c1O. The van der Waals surface area contributed by atoms with E-state index in [0.717, 1.165) is 16.6 Å². The first-order chi connectivity index (χ1) is 10.8. The molecule has 1 aromatic heterocycles. The standard InChI is InChI=1S/C17H15N3O2/c1-22-15-9-3-6-13(17(15)21)11-19-20-14-8-2-5-12-7-4-10-18-16(12)14/h2-11,20-21H,1H3/p+1. The third-order valence-electron chi connectivity index (χ3n) is 3.34. The van der Waals surface area contributed by atoms with Crippen molar-refractivity contribution < 1.29 is 14.8 Å². The summed E-state index contributed by atoms with van der Waals surface area (Å²) in [5, 5.41) is 15.3. The number of methoxy groups -OCH3 is 1. The van der Waals surface area contributed by atoms with Gasteiger partial charge in [0.25, 0.3) is 0 Å². The van der Waals surface area contributed by atoms with Gasteiger partial charge in [0, 0.05) is 17.0 Å². The van der Waals surface area contributed by atoms with Crippen LogP contribution in [0.15, 0.2) is 59.8 Å². The molecular weight excluding hydrogens is 278 g/mol. The number of nitrogens with zero attached hydrogens (tertiary/aromatic N) is 1. The largest absolute Gasteiger partial charge is 0.504 e. The van der Waals surface area contributed by atoms with Gasteiger partial charge < -0.3 is 9.84 Å². The molecule has 0 unspecified atom stereocenters. The van der Waals surface area contributed by atoms with Crippen LogP contribution in [0.2, 0.25) is 0 Å². The van der Waals surface area contributed by atoms with E-state index in [1.54, 1.807) is 24.4 Å². The predicted octanol–water partition coefficient (Wildman–Crippen LogP) is 2.81. The van der Waals surface area contributed by atoms with Crippen molar-refractivity contribution in [1.29, 1.82) is 0 Å². The molecular formula is C17H16N3O2+. The average Bonchev–Trinajstić information content (AvgIpc) is 2.56. The Morgan fingerprint density at radius 3 is 2.82 bits per heavy atom. The smallest absolute Gasteiger partial charge is 0.236 e. The van der Waals surface area contributed by atoms with Crippen LogP contribution in [0.4, 0.5) is 5.69 Å². The molecule has 5 heteroatoms. The van der Waals surface area contributed by atoms with Crippen LogP contribution in [0.25, 0.3) is 10.9 Å². The molecule has 0 atom stereocenters. The summed E-state index contributed by atoms with van der Waals surface area (Å²) in [6, 6.07) is 15.1. The third-order valence-corrected chi connectivity index (χ3v) is 3.34. The monoisotopic (exact) mass is 294 g/mol. The van der Waals surface area contributed by atoms with Crippen molar-refractivity contribution in [2.75, 3.05) is 12.5 Å². The molecule has 3 aromatic rings. The van der Waals surface area contributed by atoms with Gasteiger partial charge in [-0.15, -0.1) is 0 Å². The van der Waals surface area contributed by atoms with Crippen molar-refractivity contribution >= 4 is 22.8 Å². The molecule has 0 radical (unpaired) electrons. The van der Waals surface area contributed by atoms with Crippen LogP contribution >= 0.6 is 0 Å². The van der Waals surface area contributed by atoms with Crippen LogP contribution in [-0.4, -0.2) is 18.4 Å². The van der Waals surface area contributed by atoms with E-state index in [-0.39, 0.29) is 5.75 Å². The predicted molar refractivity (Wildman–Crippen MR) is 86.4 cm³/mol. The van der Waals surface area contributed by atoms with Crippen molar-refractivity contribution in [1.82, 2.24) is 0 Å². The lowest BCUT2D eigenvalue weighted by atomic mass is 10.2. The first kappa shape index (κ1) is 13.9. The molecule has 1 heterocycles. The number of pyridine rings is 1. The number of para-hydroxylation sites is 2. The van der Waals surface area contributed by atoms with Crippen LogP contribution in [-0.2, 0) is 0 Å². The molecule has 0 amide bonds. The summed E-state index contributed by atoms with van der Waals surface area (Å²) >= 11 is 0. The Hall–Kier alpha value is -3.08. The Labute approximate surface area is 127 Å². The van der Waals surface area contributed by atoms with Gasteiger partial charge in [-0.25, -0.2) is 4.98 Å². The molecule has 0 saturated heterocycles. The highest BCUT2D eigenvalue weighted by Crippen LogP contribution is 2.28. The lowest BCUT2D eigenvalue weighted by Crippen LogP contribution is -2.04. The summed E-state index contributed by atoms with van der Waals surface area (Å²) < 4.78 is 5.07. The van der Waals surface area contributed by atoms with Crippen LogP contribution in [0.3, 0.4) is 0 Å². The Morgan fingerprint density at radius 2 is 1.95 bits per heavy atom. The summed E-state index contributed by atoms with van der Waals surface area (Å²) in [5.74, 6) is 0.488. The summed E-state index contributed by atoms with van der Waals surface area (Å²) in [6.45, 7) is 0. The van der Waals surface area contributed by atoms with Gasteiger partial charge in [-0.2, -0.15) is 5.10 Å². The normalized spacial score (nSPS) is 11.0. The van der Waals surface area contributed by atoms with Gasteiger partial charge in [0.2, 0.25) is 5.52 Å². The molecule has 0 bridgehead atoms. The molecule has 2 aromatic carbocycles. The quantitative estimate of drug-likeness (QED) is 0.574. The van der Waals surface area contributed by atoms with E-state index in [0.29, 0.717) is 11.3 Å². The van der Waals surface area contributed by atoms with Gasteiger partial charge in [0.1, 0.15) is 5.69 Å². The highest BCUT2D eigenvalue weighted by Gasteiger charge is 2.06. The minimum Gasteiger partial charge on any atom is -0.504 e. The lowest BCUT2D eigenvalue weighted by Gasteiger charge is -2.05. The maximum atomic E-state index is 10.0. The molecule has 0 aliphatic heterocycles. The first-order valence-electron chi connectivity index (χ1n) is 6.84. The zero-order chi connectivity index (χ0) is 15.4. The molecule has 3 rings (SSSR count). The first-order valence-corrected chi connectivity index (χ1v) is 6.84. The molecule has 110 valence electrons. The number of hydrogen-bond donors (Lipinski definition) is 2. The number of rotatable bonds is 4. The minimum absolute atomic E-state index is 0.0695. The van der Waals surface area contributed by atoms with E-state index in [1.807, 2.05) is 36.5 Å². The average molecular weight is 294 g/mol. The number of benzene rings is 2. The number of nitrogens with one attached hydrogen (secondary N) is 2. The van der Waals surface area contributed by atoms with Crippen molar-refractivity contribution in [2.45, 2.75) is 0 Å². The Morgan fingerprint density at radius 1 is 1.14 bits per heavy atom. The van der Waals surface area contributed by atoms with E-state index < -0.39 is 0 Å². The molecule has 3 N–H and O–H groups in total. The van der Waals surface area contributed by atoms with Crippen molar-refractivity contribution in [2.24, 2.45) is 5.10 Å². The second kappa shape index (κ2) is 6.13. The zero-order valence-corrected chi connectivity index (χ0v) is 12.1. The van der Waals surface area contributed by atoms with Crippen molar-refractivity contribution in [3.63, 3.8) is 0 Å². The number of aromatic hydroxyl groups is 1. The maximum absolute atomic E-state index is 10.0. The second-order valence-corrected chi connectivity index (χ2v) is 4.71. The highest BCUT2D eigenvalue weighted by atomic mass is 16.5. The third kappa shape index (κ3) is 2.69. The van der Waals surface area contributed by atoms with Gasteiger partial charge in [-0.1, -0.05) is 12.1 Å². The topological polar surface area (TPSA) is 68.0 Å². The number of aromatic amines is 1. The van der Waals surface area contributed by atoms with Gasteiger partial charge >= 0.3 is 0 Å². The van der Waals surface area contributed by atoms with Crippen molar-refractivity contribution in [3.8, 4) is 11.5 Å². The van der Waals surface area contributed by atoms with Crippen LogP contribution in [0.1, 0.15) is 5.56 Å². The Balaban J connectivity index is 1.85. The number of hydrogen-bond acceptors (Lipinski definition) is 4. The summed E-state index contributed by atoms with van der Waals surface area (Å²) in [7, 11) is 1.51. The van der Waals surface area contributed by atoms with Gasteiger partial charge in [-0.05, 0) is 30.3 Å². The fraction of sp³-hybridized carbons (Fsp3) is 0.0588. The molecule has 0 aliphatic rings. The Kier molecular flexibility index (Phi) is 3.87. The highest BCUT2D eigenvalue weighted by molar-refractivity contribution is 5.89. The molecule has 0 saturated carbocycles. The van der Waals surface area contributed by atoms with E-state index in [9.17, 15) is 5.11 Å². The van der Waals surface area contributed by atoms with E-state index in [4.69, 9.17) is 4.74 Å². The van der Waals surface area contributed by atoms with Crippen LogP contribution < -0.4 is 15.1 Å². The molecule has 5 nitrogen and oxygen atoms in total. The van der Waals surface area contributed by atoms with Gasteiger partial charge in [0.05, 0.1) is 13.3 Å². The van der Waals surface area contributed by atoms with E-state index in [2.05, 4.69) is 15.5 Å². The molecule has 0 aliphatic carbocycles. The summed E-state index contributed by atoms with van der Waals surface area (Å²) in [4.78, 5) is 3.19. The summed E-state index contributed by atoms with van der Waals surface area (Å²) in [5.41, 5.74) is 5.39. The van der Waals surface area contributed by atoms with Gasteiger partial charge in [0.15, 0.2) is 17.7 Å². The zero-order valence-electron chi connectivity index (χ0n) is 12.1. The molecule has 22 heavy (non-hydrogen) atoms. The fourth-order valence-electron chi connectivity index (χ4n) is 2.23.